The van der Waals surface area contributed by atoms with Gasteiger partial charge in [-0.2, -0.15) is 6.07 Å². The summed E-state index contributed by atoms with van der Waals surface area (Å²) in [6, 6.07) is 45.8. The fourth-order valence-corrected chi connectivity index (χ4v) is 9.35. The molecule has 0 spiro atoms. The number of pyridine rings is 2. The van der Waals surface area contributed by atoms with E-state index in [2.05, 4.69) is 147 Å². The predicted molar refractivity (Wildman–Crippen MR) is 207 cm³/mol. The second-order valence-corrected chi connectivity index (χ2v) is 14.5. The molecule has 0 fully saturated rings. The summed E-state index contributed by atoms with van der Waals surface area (Å²) in [4.78, 5) is 10.2. The monoisotopic (exact) mass is 855 g/mol. The van der Waals surface area contributed by atoms with Gasteiger partial charge in [-0.25, -0.2) is 4.98 Å². The summed E-state index contributed by atoms with van der Waals surface area (Å²) in [5.41, 5.74) is 9.77. The molecule has 10 rings (SSSR count). The quantitative estimate of drug-likeness (QED) is 0.128. The average molecular weight is 856 g/mol. The van der Waals surface area contributed by atoms with Gasteiger partial charge < -0.3 is 13.7 Å². The molecule has 1 aliphatic rings. The molecular weight excluding hydrogens is 820 g/mol. The number of ether oxygens (including phenoxy) is 1. The second kappa shape index (κ2) is 11.9. The number of nitrogens with zero attached hydrogens (tertiary/aromatic N) is 4. The van der Waals surface area contributed by atoms with E-state index in [1.54, 1.807) is 0 Å². The topological polar surface area (TPSA) is 44.3 Å². The third-order valence-corrected chi connectivity index (χ3v) is 11.3. The van der Waals surface area contributed by atoms with E-state index in [4.69, 9.17) is 14.7 Å². The average Bonchev–Trinajstić information content (AvgIpc) is 3.67. The fraction of sp³-hybridized carbons (Fsp3) is 0.174. The number of fused-ring (bicyclic) bond motifs is 11. The van der Waals surface area contributed by atoms with E-state index in [-0.39, 0.29) is 26.5 Å². The van der Waals surface area contributed by atoms with Crippen LogP contribution in [0.1, 0.15) is 44.5 Å². The van der Waals surface area contributed by atoms with E-state index in [0.29, 0.717) is 23.3 Å². The van der Waals surface area contributed by atoms with Crippen LogP contribution in [0.5, 0.6) is 11.5 Å². The number of benzene rings is 5. The maximum atomic E-state index is 6.64. The third-order valence-electron chi connectivity index (χ3n) is 11.3. The maximum absolute atomic E-state index is 6.64. The van der Waals surface area contributed by atoms with Crippen molar-refractivity contribution in [1.29, 1.82) is 0 Å². The van der Waals surface area contributed by atoms with Crippen molar-refractivity contribution in [3.8, 4) is 28.6 Å². The van der Waals surface area contributed by atoms with Crippen molar-refractivity contribution in [1.82, 2.24) is 18.9 Å². The molecule has 0 saturated heterocycles. The third kappa shape index (κ3) is 4.32. The van der Waals surface area contributed by atoms with Crippen molar-refractivity contribution in [2.45, 2.75) is 40.0 Å². The SMILES string of the molecule is Cc1nc2c3[c-]c(Oc4[c-]c5c(cc4)c4cccc6c4n5-c4ncccc4C6(C(C)C)C(C)C)ccc3c3ccccc3n2c1-c1ccccc1.[Pt+2]. The van der Waals surface area contributed by atoms with E-state index in [1.807, 2.05) is 24.4 Å². The van der Waals surface area contributed by atoms with E-state index in [9.17, 15) is 0 Å². The Morgan fingerprint density at radius 2 is 1.37 bits per heavy atom. The molecule has 0 aliphatic carbocycles. The predicted octanol–water partition coefficient (Wildman–Crippen LogP) is 11.4. The Morgan fingerprint density at radius 1 is 0.673 bits per heavy atom. The van der Waals surface area contributed by atoms with Crippen molar-refractivity contribution in [2.24, 2.45) is 11.8 Å². The van der Waals surface area contributed by atoms with E-state index in [1.165, 1.54) is 22.0 Å². The van der Waals surface area contributed by atoms with Crippen molar-refractivity contribution in [3.05, 3.63) is 144 Å². The molecule has 0 radical (unpaired) electrons. The molecule has 5 nitrogen and oxygen atoms in total. The molecule has 9 aromatic rings. The zero-order chi connectivity index (χ0) is 34.6. The van der Waals surface area contributed by atoms with Crippen LogP contribution in [0.4, 0.5) is 0 Å². The van der Waals surface area contributed by atoms with Crippen LogP contribution in [-0.4, -0.2) is 18.9 Å². The summed E-state index contributed by atoms with van der Waals surface area (Å²) in [5.74, 6) is 2.96. The van der Waals surface area contributed by atoms with Crippen LogP contribution in [0, 0.1) is 30.9 Å². The maximum Gasteiger partial charge on any atom is 2.00 e. The van der Waals surface area contributed by atoms with Gasteiger partial charge in [-0.1, -0.05) is 123 Å². The summed E-state index contributed by atoms with van der Waals surface area (Å²) in [6.45, 7) is 11.5. The largest absolute Gasteiger partial charge is 2.00 e. The van der Waals surface area contributed by atoms with Crippen molar-refractivity contribution < 1.29 is 25.8 Å². The molecule has 0 N–H and O–H groups in total. The molecular formula is C46H36N4OPt. The van der Waals surface area contributed by atoms with E-state index < -0.39 is 0 Å². The first-order valence-corrected chi connectivity index (χ1v) is 17.8. The molecule has 4 aromatic heterocycles. The molecule has 5 heterocycles. The molecule has 256 valence electrons. The smallest absolute Gasteiger partial charge is 0.503 e. The first-order chi connectivity index (χ1) is 24.9. The number of hydrogen-bond donors (Lipinski definition) is 0. The molecule has 0 saturated carbocycles. The summed E-state index contributed by atoms with van der Waals surface area (Å²) >= 11 is 0. The van der Waals surface area contributed by atoms with E-state index >= 15 is 0 Å². The number of aromatic nitrogens is 4. The Morgan fingerprint density at radius 3 is 2.15 bits per heavy atom. The molecule has 0 atom stereocenters. The van der Waals surface area contributed by atoms with Crippen LogP contribution in [0.25, 0.3) is 66.2 Å². The Bertz CT molecular complexity index is 2860. The minimum Gasteiger partial charge on any atom is -0.503 e. The minimum absolute atomic E-state index is 0. The first-order valence-electron chi connectivity index (χ1n) is 17.8. The van der Waals surface area contributed by atoms with Crippen LogP contribution < -0.4 is 4.74 Å². The van der Waals surface area contributed by atoms with Crippen LogP contribution >= 0.6 is 0 Å². The normalized spacial score (nSPS) is 13.4. The van der Waals surface area contributed by atoms with Gasteiger partial charge in [-0.05, 0) is 52.8 Å². The summed E-state index contributed by atoms with van der Waals surface area (Å²) in [7, 11) is 0. The van der Waals surface area contributed by atoms with Crippen LogP contribution in [-0.2, 0) is 26.5 Å². The Balaban J connectivity index is 0.00000360. The van der Waals surface area contributed by atoms with Crippen LogP contribution in [0.3, 0.4) is 0 Å². The Labute approximate surface area is 317 Å². The van der Waals surface area contributed by atoms with Gasteiger partial charge in [0.05, 0.1) is 17.0 Å². The number of hydrogen-bond acceptors (Lipinski definition) is 3. The molecule has 1 aliphatic heterocycles. The Hall–Kier alpha value is -5.25. The number of rotatable bonds is 5. The van der Waals surface area contributed by atoms with Gasteiger partial charge in [0.25, 0.3) is 0 Å². The molecule has 6 heteroatoms. The van der Waals surface area contributed by atoms with Gasteiger partial charge in [0.2, 0.25) is 0 Å². The van der Waals surface area contributed by atoms with Gasteiger partial charge in [-0.3, -0.25) is 4.98 Å². The minimum atomic E-state index is -0.173. The molecule has 0 amide bonds. The number of aryl methyl sites for hydroxylation is 1. The fourth-order valence-electron chi connectivity index (χ4n) is 9.35. The summed E-state index contributed by atoms with van der Waals surface area (Å²) in [6.07, 6.45) is 1.91. The van der Waals surface area contributed by atoms with Crippen LogP contribution in [0.2, 0.25) is 0 Å². The zero-order valence-corrected chi connectivity index (χ0v) is 31.9. The summed E-state index contributed by atoms with van der Waals surface area (Å²) < 4.78 is 11.2. The van der Waals surface area contributed by atoms with Crippen LogP contribution in [0.15, 0.2) is 115 Å². The number of imidazole rings is 1. The molecule has 5 aromatic carbocycles. The van der Waals surface area contributed by atoms with Gasteiger partial charge in [0.15, 0.2) is 0 Å². The van der Waals surface area contributed by atoms with Crippen molar-refractivity contribution >= 4 is 49.1 Å². The molecule has 52 heavy (non-hydrogen) atoms. The van der Waals surface area contributed by atoms with Gasteiger partial charge in [0, 0.05) is 39.7 Å². The number of para-hydroxylation sites is 2. The van der Waals surface area contributed by atoms with Gasteiger partial charge >= 0.3 is 21.1 Å². The second-order valence-electron chi connectivity index (χ2n) is 14.5. The standard InChI is InChI=1S/C46H36N4O.Pt/c1-27(2)46(28(3)4)38-17-11-16-36-35-23-21-32(26-41(35)50(43(36)38)45-39(46)18-12-24-47-45)51-31-20-22-33-34-15-9-10-19-40(34)49-42(30-13-7-6-8-14-30)29(5)48-44(49)37(33)25-31;/h6-24,27-28H,1-5H3;/q-2;+2. The molecule has 0 unspecified atom stereocenters. The summed E-state index contributed by atoms with van der Waals surface area (Å²) in [5, 5.41) is 5.50. The van der Waals surface area contributed by atoms with E-state index in [0.717, 1.165) is 61.0 Å². The zero-order valence-electron chi connectivity index (χ0n) is 29.6. The van der Waals surface area contributed by atoms with Gasteiger partial charge in [-0.15, -0.1) is 29.7 Å². The molecule has 0 bridgehead atoms. The first kappa shape index (κ1) is 32.6. The van der Waals surface area contributed by atoms with Crippen molar-refractivity contribution in [2.75, 3.05) is 0 Å². The van der Waals surface area contributed by atoms with Crippen molar-refractivity contribution in [3.63, 3.8) is 0 Å². The van der Waals surface area contributed by atoms with Gasteiger partial charge in [0.1, 0.15) is 5.82 Å². The Kier molecular flexibility index (Phi) is 7.47.